The number of nitrogens with one attached hydrogen (secondary N) is 1. The lowest BCUT2D eigenvalue weighted by atomic mass is 10.3. The number of nitrogens with zero attached hydrogens (tertiary/aromatic N) is 2. The van der Waals surface area contributed by atoms with Gasteiger partial charge in [0.1, 0.15) is 11.8 Å². The fourth-order valence-electron chi connectivity index (χ4n) is 1.36. The van der Waals surface area contributed by atoms with Crippen LogP contribution < -0.4 is 5.32 Å². The fraction of sp³-hybridized carbons (Fsp3) is 0.273. The molecule has 0 amide bonds. The summed E-state index contributed by atoms with van der Waals surface area (Å²) < 4.78 is 6.37. The maximum absolute atomic E-state index is 5.45. The van der Waals surface area contributed by atoms with Crippen molar-refractivity contribution in [3.05, 3.63) is 40.8 Å². The van der Waals surface area contributed by atoms with Gasteiger partial charge in [0.05, 0.1) is 16.4 Å². The van der Waals surface area contributed by atoms with Gasteiger partial charge in [0.25, 0.3) is 0 Å². The average Bonchev–Trinajstić information content (AvgIpc) is 2.68. The number of hydrogen-bond donors (Lipinski definition) is 1. The van der Waals surface area contributed by atoms with Gasteiger partial charge >= 0.3 is 0 Å². The van der Waals surface area contributed by atoms with Gasteiger partial charge < -0.3 is 9.73 Å². The molecule has 5 heteroatoms. The number of aromatic nitrogens is 2. The van der Waals surface area contributed by atoms with Crippen LogP contribution in [0.2, 0.25) is 0 Å². The molecule has 0 saturated carbocycles. The molecular formula is C11H12BrN3O. The molecule has 0 aliphatic heterocycles. The molecule has 2 aromatic rings. The number of pyridine rings is 1. The Balaban J connectivity index is 2.13. The molecule has 1 atom stereocenters. The number of anilines is 1. The smallest absolute Gasteiger partial charge is 0.216 e. The summed E-state index contributed by atoms with van der Waals surface area (Å²) in [4.78, 5) is 8.18. The first kappa shape index (κ1) is 11.1. The van der Waals surface area contributed by atoms with Crippen molar-refractivity contribution in [3.63, 3.8) is 0 Å². The van der Waals surface area contributed by atoms with Crippen LogP contribution >= 0.6 is 15.9 Å². The molecule has 16 heavy (non-hydrogen) atoms. The largest absolute Gasteiger partial charge is 0.444 e. The van der Waals surface area contributed by atoms with E-state index in [0.717, 1.165) is 15.9 Å². The van der Waals surface area contributed by atoms with Crippen LogP contribution in [0.4, 0.5) is 5.69 Å². The zero-order valence-electron chi connectivity index (χ0n) is 9.07. The van der Waals surface area contributed by atoms with Crippen LogP contribution in [0, 0.1) is 6.92 Å². The molecule has 1 unspecified atom stereocenters. The molecule has 2 heterocycles. The highest BCUT2D eigenvalue weighted by atomic mass is 79.9. The third kappa shape index (κ3) is 2.41. The number of halogens is 1. The second-order valence-corrected chi connectivity index (χ2v) is 4.39. The van der Waals surface area contributed by atoms with E-state index in [-0.39, 0.29) is 6.04 Å². The molecule has 2 rings (SSSR count). The molecule has 4 nitrogen and oxygen atoms in total. The highest BCUT2D eigenvalue weighted by Crippen LogP contribution is 2.25. The summed E-state index contributed by atoms with van der Waals surface area (Å²) in [5.41, 5.74) is 0.971. The number of rotatable bonds is 3. The van der Waals surface area contributed by atoms with Crippen LogP contribution in [-0.4, -0.2) is 9.97 Å². The normalized spacial score (nSPS) is 12.4. The van der Waals surface area contributed by atoms with E-state index in [1.165, 1.54) is 0 Å². The van der Waals surface area contributed by atoms with Gasteiger partial charge in [-0.15, -0.1) is 0 Å². The predicted octanol–water partition coefficient (Wildman–Crippen LogP) is 3.31. The molecule has 0 saturated heterocycles. The van der Waals surface area contributed by atoms with Gasteiger partial charge in [0, 0.05) is 12.4 Å². The maximum Gasteiger partial charge on any atom is 0.216 e. The van der Waals surface area contributed by atoms with Crippen molar-refractivity contribution in [1.82, 2.24) is 9.97 Å². The Bertz CT molecular complexity index is 484. The first-order valence-corrected chi connectivity index (χ1v) is 5.74. The Morgan fingerprint density at radius 2 is 2.25 bits per heavy atom. The highest BCUT2D eigenvalue weighted by Gasteiger charge is 2.12. The van der Waals surface area contributed by atoms with E-state index in [1.807, 2.05) is 19.9 Å². The molecule has 0 bridgehead atoms. The minimum absolute atomic E-state index is 0.0207. The monoisotopic (exact) mass is 281 g/mol. The van der Waals surface area contributed by atoms with Crippen LogP contribution in [0.25, 0.3) is 0 Å². The van der Waals surface area contributed by atoms with E-state index in [0.29, 0.717) is 5.89 Å². The van der Waals surface area contributed by atoms with Crippen LogP contribution in [0.15, 0.2) is 33.5 Å². The number of hydrogen-bond acceptors (Lipinski definition) is 4. The summed E-state index contributed by atoms with van der Waals surface area (Å²) in [7, 11) is 0. The molecule has 2 aromatic heterocycles. The Hall–Kier alpha value is -1.36. The Labute approximate surface area is 102 Å². The Morgan fingerprint density at radius 1 is 1.44 bits per heavy atom. The van der Waals surface area contributed by atoms with Gasteiger partial charge in [-0.1, -0.05) is 0 Å². The molecule has 0 radical (unpaired) electrons. The van der Waals surface area contributed by atoms with Crippen molar-refractivity contribution in [1.29, 1.82) is 0 Å². The quantitative estimate of drug-likeness (QED) is 0.938. The van der Waals surface area contributed by atoms with Gasteiger partial charge in [0.15, 0.2) is 0 Å². The zero-order valence-corrected chi connectivity index (χ0v) is 10.7. The molecule has 1 N–H and O–H groups in total. The van der Waals surface area contributed by atoms with Crippen molar-refractivity contribution >= 4 is 21.6 Å². The summed E-state index contributed by atoms with van der Waals surface area (Å²) in [6.07, 6.45) is 5.20. The lowest BCUT2D eigenvalue weighted by Gasteiger charge is -2.12. The summed E-state index contributed by atoms with van der Waals surface area (Å²) in [5.74, 6) is 1.50. The van der Waals surface area contributed by atoms with E-state index in [1.54, 1.807) is 18.6 Å². The van der Waals surface area contributed by atoms with Crippen LogP contribution in [-0.2, 0) is 0 Å². The Kier molecular flexibility index (Phi) is 3.24. The van der Waals surface area contributed by atoms with Gasteiger partial charge in [-0.25, -0.2) is 4.98 Å². The van der Waals surface area contributed by atoms with Crippen LogP contribution in [0.5, 0.6) is 0 Å². The summed E-state index contributed by atoms with van der Waals surface area (Å²) >= 11 is 3.43. The molecular weight excluding hydrogens is 270 g/mol. The highest BCUT2D eigenvalue weighted by molar-refractivity contribution is 9.10. The molecule has 0 aliphatic carbocycles. The first-order valence-electron chi connectivity index (χ1n) is 4.95. The van der Waals surface area contributed by atoms with E-state index < -0.39 is 0 Å². The van der Waals surface area contributed by atoms with Gasteiger partial charge in [-0.05, 0) is 35.8 Å². The van der Waals surface area contributed by atoms with Crippen molar-refractivity contribution in [2.24, 2.45) is 0 Å². The average molecular weight is 282 g/mol. The van der Waals surface area contributed by atoms with Crippen molar-refractivity contribution in [2.45, 2.75) is 19.9 Å². The summed E-state index contributed by atoms with van der Waals surface area (Å²) in [6.45, 7) is 3.88. The summed E-state index contributed by atoms with van der Waals surface area (Å²) in [6, 6.07) is 1.92. The third-order valence-corrected chi connectivity index (χ3v) is 2.79. The molecule has 84 valence electrons. The van der Waals surface area contributed by atoms with Crippen molar-refractivity contribution in [3.8, 4) is 0 Å². The van der Waals surface area contributed by atoms with E-state index >= 15 is 0 Å². The lowest BCUT2D eigenvalue weighted by molar-refractivity contribution is 0.453. The van der Waals surface area contributed by atoms with Gasteiger partial charge in [-0.3, -0.25) is 4.98 Å². The van der Waals surface area contributed by atoms with Crippen LogP contribution in [0.3, 0.4) is 0 Å². The predicted molar refractivity (Wildman–Crippen MR) is 65.2 cm³/mol. The second-order valence-electron chi connectivity index (χ2n) is 3.53. The van der Waals surface area contributed by atoms with E-state index in [9.17, 15) is 0 Å². The minimum atomic E-state index is 0.0207. The fourth-order valence-corrected chi connectivity index (χ4v) is 1.72. The van der Waals surface area contributed by atoms with Crippen LogP contribution in [0.1, 0.15) is 24.6 Å². The van der Waals surface area contributed by atoms with E-state index in [4.69, 9.17) is 4.42 Å². The van der Waals surface area contributed by atoms with E-state index in [2.05, 4.69) is 31.2 Å². The topological polar surface area (TPSA) is 51.0 Å². The molecule has 0 spiro atoms. The van der Waals surface area contributed by atoms with Crippen molar-refractivity contribution in [2.75, 3.05) is 5.32 Å². The third-order valence-electron chi connectivity index (χ3n) is 2.15. The number of oxazole rings is 1. The number of aryl methyl sites for hydroxylation is 1. The van der Waals surface area contributed by atoms with Gasteiger partial charge in [-0.2, -0.15) is 0 Å². The SMILES string of the molecule is Cc1cnc(C(C)Nc2ccncc2Br)o1. The van der Waals surface area contributed by atoms with Crippen molar-refractivity contribution < 1.29 is 4.42 Å². The summed E-state index contributed by atoms with van der Waals surface area (Å²) in [5, 5.41) is 3.30. The minimum Gasteiger partial charge on any atom is -0.444 e. The molecule has 0 aromatic carbocycles. The van der Waals surface area contributed by atoms with Gasteiger partial charge in [0.2, 0.25) is 5.89 Å². The maximum atomic E-state index is 5.45. The Morgan fingerprint density at radius 3 is 2.88 bits per heavy atom. The lowest BCUT2D eigenvalue weighted by Crippen LogP contribution is -2.07. The standard InChI is InChI=1S/C11H12BrN3O/c1-7-5-14-11(16-7)8(2)15-10-3-4-13-6-9(10)12/h3-6,8H,1-2H3,(H,13,15). The first-order chi connectivity index (χ1) is 7.66. The molecule has 0 aliphatic rings. The zero-order chi connectivity index (χ0) is 11.5. The second kappa shape index (κ2) is 4.65. The molecule has 0 fully saturated rings.